The summed E-state index contributed by atoms with van der Waals surface area (Å²) in [4.78, 5) is 2.61. The molecule has 0 radical (unpaired) electrons. The van der Waals surface area contributed by atoms with Gasteiger partial charge in [0, 0.05) is 19.1 Å². The Kier molecular flexibility index (Phi) is 5.21. The summed E-state index contributed by atoms with van der Waals surface area (Å²) < 4.78 is 0. The number of hydrogen-bond donors (Lipinski definition) is 1. The van der Waals surface area contributed by atoms with Crippen LogP contribution in [0.1, 0.15) is 31.4 Å². The summed E-state index contributed by atoms with van der Waals surface area (Å²) in [6.07, 6.45) is 3.69. The Hall–Kier alpha value is -0.860. The Morgan fingerprint density at radius 3 is 2.28 bits per heavy atom. The summed E-state index contributed by atoms with van der Waals surface area (Å²) in [6.45, 7) is 9.23. The van der Waals surface area contributed by atoms with Crippen molar-refractivity contribution in [2.45, 2.75) is 39.2 Å². The second-order valence-electron chi connectivity index (χ2n) is 5.57. The zero-order valence-electron chi connectivity index (χ0n) is 11.8. The monoisotopic (exact) mass is 246 g/mol. The lowest BCUT2D eigenvalue weighted by Crippen LogP contribution is -2.31. The molecule has 18 heavy (non-hydrogen) atoms. The van der Waals surface area contributed by atoms with Gasteiger partial charge in [0.2, 0.25) is 0 Å². The van der Waals surface area contributed by atoms with Crippen LogP contribution >= 0.6 is 0 Å². The molecule has 0 fully saturated rings. The number of benzene rings is 1. The maximum Gasteiger partial charge on any atom is 0.00221 e. The molecule has 0 unspecified atom stereocenters. The molecule has 2 rings (SSSR count). The molecular weight excluding hydrogens is 220 g/mol. The van der Waals surface area contributed by atoms with Crippen LogP contribution in [-0.2, 0) is 12.8 Å². The van der Waals surface area contributed by atoms with Crippen LogP contribution in [0.2, 0.25) is 0 Å². The van der Waals surface area contributed by atoms with Crippen LogP contribution in [0.5, 0.6) is 0 Å². The maximum absolute atomic E-state index is 3.49. The maximum atomic E-state index is 3.49. The van der Waals surface area contributed by atoms with Gasteiger partial charge in [-0.25, -0.2) is 0 Å². The van der Waals surface area contributed by atoms with Crippen molar-refractivity contribution in [3.63, 3.8) is 0 Å². The van der Waals surface area contributed by atoms with Crippen LogP contribution in [0.25, 0.3) is 0 Å². The predicted octanol–water partition coefficient (Wildman–Crippen LogP) is 2.48. The topological polar surface area (TPSA) is 15.3 Å². The van der Waals surface area contributed by atoms with Crippen molar-refractivity contribution >= 4 is 0 Å². The molecule has 100 valence electrons. The molecule has 0 saturated heterocycles. The molecule has 0 saturated carbocycles. The first-order valence-corrected chi connectivity index (χ1v) is 7.28. The van der Waals surface area contributed by atoms with Gasteiger partial charge in [-0.15, -0.1) is 0 Å². The van der Waals surface area contributed by atoms with E-state index in [4.69, 9.17) is 0 Å². The standard InChI is InChI=1S/C16H26N2/c1-14(2)17-10-5-11-18-12-8-15-6-3-4-7-16(15)9-13-18/h3-4,6-7,14,17H,5,8-13H2,1-2H3. The fourth-order valence-corrected chi connectivity index (χ4v) is 2.63. The molecule has 2 nitrogen and oxygen atoms in total. The summed E-state index contributed by atoms with van der Waals surface area (Å²) in [7, 11) is 0. The van der Waals surface area contributed by atoms with Gasteiger partial charge in [-0.3, -0.25) is 0 Å². The van der Waals surface area contributed by atoms with Gasteiger partial charge >= 0.3 is 0 Å². The number of hydrogen-bond acceptors (Lipinski definition) is 2. The van der Waals surface area contributed by atoms with Gasteiger partial charge in [0.1, 0.15) is 0 Å². The smallest absolute Gasteiger partial charge is 0.00221 e. The van der Waals surface area contributed by atoms with E-state index in [0.717, 1.165) is 6.54 Å². The molecule has 1 aliphatic heterocycles. The minimum atomic E-state index is 0.610. The van der Waals surface area contributed by atoms with Crippen LogP contribution in [0.3, 0.4) is 0 Å². The molecule has 1 aromatic carbocycles. The van der Waals surface area contributed by atoms with Gasteiger partial charge in [-0.1, -0.05) is 38.1 Å². The summed E-state index contributed by atoms with van der Waals surface area (Å²) in [5, 5.41) is 3.49. The van der Waals surface area contributed by atoms with Gasteiger partial charge in [-0.05, 0) is 43.5 Å². The third kappa shape index (κ3) is 4.11. The molecule has 0 aromatic heterocycles. The van der Waals surface area contributed by atoms with E-state index in [1.54, 1.807) is 11.1 Å². The van der Waals surface area contributed by atoms with E-state index >= 15 is 0 Å². The molecular formula is C16H26N2. The van der Waals surface area contributed by atoms with E-state index in [9.17, 15) is 0 Å². The quantitative estimate of drug-likeness (QED) is 0.803. The number of fused-ring (bicyclic) bond motifs is 1. The van der Waals surface area contributed by atoms with Gasteiger partial charge < -0.3 is 10.2 Å². The summed E-state index contributed by atoms with van der Waals surface area (Å²) in [5.74, 6) is 0. The van der Waals surface area contributed by atoms with Crippen molar-refractivity contribution in [1.29, 1.82) is 0 Å². The number of nitrogens with one attached hydrogen (secondary N) is 1. The fourth-order valence-electron chi connectivity index (χ4n) is 2.63. The summed E-state index contributed by atoms with van der Waals surface area (Å²) in [6, 6.07) is 9.53. The molecule has 0 spiro atoms. The lowest BCUT2D eigenvalue weighted by atomic mass is 10.0. The van der Waals surface area contributed by atoms with Gasteiger partial charge in [0.25, 0.3) is 0 Å². The highest BCUT2D eigenvalue weighted by atomic mass is 15.1. The molecule has 1 aliphatic rings. The Morgan fingerprint density at radius 1 is 1.11 bits per heavy atom. The molecule has 0 amide bonds. The second-order valence-corrected chi connectivity index (χ2v) is 5.57. The van der Waals surface area contributed by atoms with Crippen molar-refractivity contribution < 1.29 is 0 Å². The van der Waals surface area contributed by atoms with Crippen LogP contribution in [-0.4, -0.2) is 37.1 Å². The van der Waals surface area contributed by atoms with Crippen LogP contribution < -0.4 is 5.32 Å². The largest absolute Gasteiger partial charge is 0.314 e. The van der Waals surface area contributed by atoms with Gasteiger partial charge in [0.05, 0.1) is 0 Å². The average Bonchev–Trinajstić information content (AvgIpc) is 2.57. The minimum absolute atomic E-state index is 0.610. The Balaban J connectivity index is 1.74. The highest BCUT2D eigenvalue weighted by Gasteiger charge is 2.12. The highest BCUT2D eigenvalue weighted by molar-refractivity contribution is 5.28. The number of rotatable bonds is 5. The predicted molar refractivity (Wildman–Crippen MR) is 78.0 cm³/mol. The molecule has 1 heterocycles. The minimum Gasteiger partial charge on any atom is -0.314 e. The average molecular weight is 246 g/mol. The van der Waals surface area contributed by atoms with Crippen molar-refractivity contribution in [3.8, 4) is 0 Å². The molecule has 0 atom stereocenters. The van der Waals surface area contributed by atoms with E-state index in [1.165, 1.54) is 38.9 Å². The molecule has 2 heteroatoms. The SMILES string of the molecule is CC(C)NCCCN1CCc2ccccc2CC1. The van der Waals surface area contributed by atoms with Crippen LogP contribution in [0.4, 0.5) is 0 Å². The molecule has 1 aromatic rings. The number of nitrogens with zero attached hydrogens (tertiary/aromatic N) is 1. The normalized spacial score (nSPS) is 16.6. The Morgan fingerprint density at radius 2 is 1.72 bits per heavy atom. The fraction of sp³-hybridized carbons (Fsp3) is 0.625. The van der Waals surface area contributed by atoms with E-state index < -0.39 is 0 Å². The Bertz CT molecular complexity index is 333. The van der Waals surface area contributed by atoms with E-state index in [2.05, 4.69) is 48.3 Å². The first-order valence-electron chi connectivity index (χ1n) is 7.28. The van der Waals surface area contributed by atoms with Crippen molar-refractivity contribution in [2.24, 2.45) is 0 Å². The zero-order valence-corrected chi connectivity index (χ0v) is 11.8. The lowest BCUT2D eigenvalue weighted by molar-refractivity contribution is 0.281. The molecule has 1 N–H and O–H groups in total. The van der Waals surface area contributed by atoms with Crippen LogP contribution in [0.15, 0.2) is 24.3 Å². The molecule has 0 aliphatic carbocycles. The van der Waals surface area contributed by atoms with Crippen molar-refractivity contribution in [2.75, 3.05) is 26.2 Å². The van der Waals surface area contributed by atoms with Crippen molar-refractivity contribution in [1.82, 2.24) is 10.2 Å². The van der Waals surface area contributed by atoms with Gasteiger partial charge in [0.15, 0.2) is 0 Å². The summed E-state index contributed by atoms with van der Waals surface area (Å²) >= 11 is 0. The summed E-state index contributed by atoms with van der Waals surface area (Å²) in [5.41, 5.74) is 3.11. The third-order valence-corrected chi connectivity index (χ3v) is 3.72. The van der Waals surface area contributed by atoms with Crippen molar-refractivity contribution in [3.05, 3.63) is 35.4 Å². The first-order chi connectivity index (χ1) is 8.75. The third-order valence-electron chi connectivity index (χ3n) is 3.72. The van der Waals surface area contributed by atoms with E-state index in [1.807, 2.05) is 0 Å². The van der Waals surface area contributed by atoms with E-state index in [-0.39, 0.29) is 0 Å². The zero-order chi connectivity index (χ0) is 12.8. The van der Waals surface area contributed by atoms with E-state index in [0.29, 0.717) is 6.04 Å². The first kappa shape index (κ1) is 13.6. The second kappa shape index (κ2) is 6.91. The van der Waals surface area contributed by atoms with Gasteiger partial charge in [-0.2, -0.15) is 0 Å². The Labute approximate surface area is 111 Å². The lowest BCUT2D eigenvalue weighted by Gasteiger charge is -2.20. The highest BCUT2D eigenvalue weighted by Crippen LogP contribution is 2.15. The molecule has 0 bridgehead atoms. The van der Waals surface area contributed by atoms with Crippen LogP contribution in [0, 0.1) is 0 Å².